The predicted octanol–water partition coefficient (Wildman–Crippen LogP) is 2.88. The first kappa shape index (κ1) is 15.0. The number of nitrogens with one attached hydrogen (secondary N) is 1. The number of carbonyl (C=O) groups excluding carboxylic acids is 2. The maximum Gasteiger partial charge on any atom is 0.196 e. The van der Waals surface area contributed by atoms with E-state index in [1.807, 2.05) is 0 Å². The van der Waals surface area contributed by atoms with E-state index in [0.717, 1.165) is 0 Å². The van der Waals surface area contributed by atoms with Crippen molar-refractivity contribution >= 4 is 34.2 Å². The number of rotatable bonds is 1. The van der Waals surface area contributed by atoms with E-state index in [4.69, 9.17) is 5.26 Å². The molecule has 5 nitrogen and oxygen atoms in total. The molecule has 1 aliphatic rings. The zero-order chi connectivity index (χ0) is 16.4. The summed E-state index contributed by atoms with van der Waals surface area (Å²) >= 11 is 1.25. The van der Waals surface area contributed by atoms with Crippen LogP contribution in [-0.4, -0.2) is 23.0 Å². The van der Waals surface area contributed by atoms with Crippen molar-refractivity contribution < 1.29 is 9.59 Å². The maximum atomic E-state index is 12.8. The van der Waals surface area contributed by atoms with Gasteiger partial charge in [-0.15, -0.1) is 0 Å². The van der Waals surface area contributed by atoms with Crippen molar-refractivity contribution in [2.75, 3.05) is 6.26 Å². The van der Waals surface area contributed by atoms with Gasteiger partial charge in [0.1, 0.15) is 0 Å². The van der Waals surface area contributed by atoms with Crippen molar-refractivity contribution in [2.45, 2.75) is 0 Å². The number of fused-ring (bicyclic) bond motifs is 2. The molecule has 0 spiro atoms. The molecule has 0 radical (unpaired) electrons. The molecule has 3 rings (SSSR count). The quantitative estimate of drug-likeness (QED) is 0.322. The molecule has 2 aromatic carbocycles. The zero-order valence-corrected chi connectivity index (χ0v) is 13.0. The van der Waals surface area contributed by atoms with Gasteiger partial charge >= 0.3 is 0 Å². The molecule has 0 amide bonds. The Kier molecular flexibility index (Phi) is 3.96. The second-order valence-corrected chi connectivity index (χ2v) is 5.56. The number of hydrogen-bond acceptors (Lipinski definition) is 5. The SMILES string of the molecule is CSC(=Nc1cccc2c1C(=O)c1ccccc1C2=O)NC#N. The van der Waals surface area contributed by atoms with Gasteiger partial charge in [0.25, 0.3) is 0 Å². The average molecular weight is 321 g/mol. The summed E-state index contributed by atoms with van der Waals surface area (Å²) in [6, 6.07) is 11.7. The van der Waals surface area contributed by atoms with Gasteiger partial charge < -0.3 is 0 Å². The molecule has 1 aliphatic carbocycles. The van der Waals surface area contributed by atoms with Gasteiger partial charge in [0.15, 0.2) is 22.9 Å². The van der Waals surface area contributed by atoms with E-state index in [9.17, 15) is 9.59 Å². The number of ketones is 2. The summed E-state index contributed by atoms with van der Waals surface area (Å²) in [7, 11) is 0. The Balaban J connectivity index is 2.21. The van der Waals surface area contributed by atoms with E-state index in [1.165, 1.54) is 11.8 Å². The van der Waals surface area contributed by atoms with E-state index < -0.39 is 0 Å². The Hall–Kier alpha value is -2.91. The van der Waals surface area contributed by atoms with Crippen LogP contribution in [0.15, 0.2) is 47.5 Å². The summed E-state index contributed by atoms with van der Waals surface area (Å²) in [4.78, 5) is 29.7. The van der Waals surface area contributed by atoms with E-state index >= 15 is 0 Å². The summed E-state index contributed by atoms with van der Waals surface area (Å²) in [5, 5.41) is 11.5. The Morgan fingerprint density at radius 3 is 2.35 bits per heavy atom. The highest BCUT2D eigenvalue weighted by Gasteiger charge is 2.31. The van der Waals surface area contributed by atoms with Crippen LogP contribution >= 0.6 is 11.8 Å². The van der Waals surface area contributed by atoms with Crippen LogP contribution < -0.4 is 5.32 Å². The minimum absolute atomic E-state index is 0.189. The lowest BCUT2D eigenvalue weighted by Crippen LogP contribution is -2.21. The number of thioether (sulfide) groups is 1. The van der Waals surface area contributed by atoms with Crippen LogP contribution in [0, 0.1) is 11.5 Å². The molecule has 0 unspecified atom stereocenters. The van der Waals surface area contributed by atoms with Crippen LogP contribution in [0.2, 0.25) is 0 Å². The molecule has 0 saturated carbocycles. The molecule has 0 heterocycles. The van der Waals surface area contributed by atoms with Crippen molar-refractivity contribution in [1.29, 1.82) is 5.26 Å². The van der Waals surface area contributed by atoms with E-state index in [-0.39, 0.29) is 17.1 Å². The summed E-state index contributed by atoms with van der Waals surface area (Å²) in [5.41, 5.74) is 1.79. The second kappa shape index (κ2) is 6.07. The summed E-state index contributed by atoms with van der Waals surface area (Å²) in [6.07, 6.45) is 3.57. The number of carbonyl (C=O) groups is 2. The van der Waals surface area contributed by atoms with Crippen LogP contribution in [0.4, 0.5) is 5.69 Å². The lowest BCUT2D eigenvalue weighted by Gasteiger charge is -2.18. The van der Waals surface area contributed by atoms with Crippen molar-refractivity contribution in [1.82, 2.24) is 5.32 Å². The molecule has 0 aromatic heterocycles. The lowest BCUT2D eigenvalue weighted by molar-refractivity contribution is 0.0979. The van der Waals surface area contributed by atoms with Crippen molar-refractivity contribution in [3.05, 3.63) is 64.7 Å². The Morgan fingerprint density at radius 1 is 1.04 bits per heavy atom. The molecule has 0 bridgehead atoms. The van der Waals surface area contributed by atoms with E-state index in [1.54, 1.807) is 54.9 Å². The third-order valence-electron chi connectivity index (χ3n) is 3.51. The summed E-state index contributed by atoms with van der Waals surface area (Å²) in [6.45, 7) is 0. The summed E-state index contributed by atoms with van der Waals surface area (Å²) < 4.78 is 0. The Bertz CT molecular complexity index is 897. The number of benzene rings is 2. The monoisotopic (exact) mass is 321 g/mol. The fourth-order valence-corrected chi connectivity index (χ4v) is 2.84. The first-order chi connectivity index (χ1) is 11.2. The highest BCUT2D eigenvalue weighted by molar-refractivity contribution is 8.13. The van der Waals surface area contributed by atoms with Gasteiger partial charge in [-0.05, 0) is 12.3 Å². The standard InChI is InChI=1S/C17H11N3O2S/c1-23-17(19-9-18)20-13-8-4-7-12-14(13)16(22)11-6-3-2-5-10(11)15(12)21/h2-8H,1H3,(H,19,20). The summed E-state index contributed by atoms with van der Waals surface area (Å²) in [5.74, 6) is -0.418. The number of nitriles is 1. The van der Waals surface area contributed by atoms with Gasteiger partial charge in [-0.25, -0.2) is 4.99 Å². The van der Waals surface area contributed by atoms with Crippen molar-refractivity contribution in [3.8, 4) is 6.19 Å². The predicted molar refractivity (Wildman–Crippen MR) is 89.1 cm³/mol. The van der Waals surface area contributed by atoms with Gasteiger partial charge in [0, 0.05) is 16.7 Å². The van der Waals surface area contributed by atoms with Crippen LogP contribution in [0.25, 0.3) is 0 Å². The van der Waals surface area contributed by atoms with Crippen LogP contribution in [0.5, 0.6) is 0 Å². The van der Waals surface area contributed by atoms with Crippen LogP contribution in [0.3, 0.4) is 0 Å². The molecule has 0 fully saturated rings. The van der Waals surface area contributed by atoms with Gasteiger partial charge in [0.2, 0.25) is 0 Å². The first-order valence-corrected chi connectivity index (χ1v) is 7.99. The maximum absolute atomic E-state index is 12.8. The van der Waals surface area contributed by atoms with Gasteiger partial charge in [-0.2, -0.15) is 5.26 Å². The zero-order valence-electron chi connectivity index (χ0n) is 12.2. The fraction of sp³-hybridized carbons (Fsp3) is 0.0588. The number of aliphatic imine (C=N–C) groups is 1. The molecular formula is C17H11N3O2S. The van der Waals surface area contributed by atoms with Gasteiger partial charge in [-0.1, -0.05) is 48.2 Å². The molecule has 23 heavy (non-hydrogen) atoms. The van der Waals surface area contributed by atoms with Gasteiger partial charge in [-0.3, -0.25) is 14.9 Å². The van der Waals surface area contributed by atoms with Crippen molar-refractivity contribution in [2.24, 2.45) is 4.99 Å². The molecule has 1 N–H and O–H groups in total. The normalized spacial score (nSPS) is 13.1. The highest BCUT2D eigenvalue weighted by Crippen LogP contribution is 2.33. The smallest absolute Gasteiger partial charge is 0.196 e. The molecule has 0 atom stereocenters. The minimum atomic E-state index is -0.230. The van der Waals surface area contributed by atoms with E-state index in [2.05, 4.69) is 10.3 Å². The van der Waals surface area contributed by atoms with Gasteiger partial charge in [0.05, 0.1) is 11.3 Å². The fourth-order valence-electron chi connectivity index (χ4n) is 2.50. The third kappa shape index (κ3) is 2.51. The molecule has 6 heteroatoms. The largest absolute Gasteiger partial charge is 0.289 e. The lowest BCUT2D eigenvalue weighted by atomic mass is 9.83. The van der Waals surface area contributed by atoms with Crippen LogP contribution in [0.1, 0.15) is 31.8 Å². The van der Waals surface area contributed by atoms with Crippen LogP contribution in [-0.2, 0) is 0 Å². The second-order valence-electron chi connectivity index (χ2n) is 4.76. The average Bonchev–Trinajstić information content (AvgIpc) is 2.59. The highest BCUT2D eigenvalue weighted by atomic mass is 32.2. The molecule has 2 aromatic rings. The van der Waals surface area contributed by atoms with E-state index in [0.29, 0.717) is 27.5 Å². The molecule has 112 valence electrons. The van der Waals surface area contributed by atoms with Crippen molar-refractivity contribution in [3.63, 3.8) is 0 Å². The molecule has 0 saturated heterocycles. The number of nitrogens with zero attached hydrogens (tertiary/aromatic N) is 2. The Labute approximate surface area is 137 Å². The topological polar surface area (TPSA) is 82.3 Å². The molecular weight excluding hydrogens is 310 g/mol. The minimum Gasteiger partial charge on any atom is -0.289 e. The third-order valence-corrected chi connectivity index (χ3v) is 4.09. The molecule has 0 aliphatic heterocycles. The number of hydrogen-bond donors (Lipinski definition) is 1. The number of amidine groups is 1. The Morgan fingerprint density at radius 2 is 1.70 bits per heavy atom. The first-order valence-electron chi connectivity index (χ1n) is 6.76.